The predicted octanol–water partition coefficient (Wildman–Crippen LogP) is 2.01. The zero-order chi connectivity index (χ0) is 10.3. The van der Waals surface area contributed by atoms with Crippen molar-refractivity contribution in [3.05, 3.63) is 23.3 Å². The summed E-state index contributed by atoms with van der Waals surface area (Å²) >= 11 is 0. The molecule has 78 valence electrons. The maximum atomic E-state index is 11.8. The molecule has 1 aromatic rings. The Hall–Kier alpha value is -1.51. The molecule has 0 unspecified atom stereocenters. The first-order valence-corrected chi connectivity index (χ1v) is 5.42. The monoisotopic (exact) mass is 203 g/mol. The Morgan fingerprint density at radius 1 is 1.27 bits per heavy atom. The molecule has 0 amide bonds. The molecule has 0 aromatic heterocycles. The Morgan fingerprint density at radius 3 is 3.13 bits per heavy atom. The molecule has 0 saturated heterocycles. The fourth-order valence-electron chi connectivity index (χ4n) is 2.31. The molecule has 2 heterocycles. The summed E-state index contributed by atoms with van der Waals surface area (Å²) in [4.78, 5) is 11.8. The average molecular weight is 203 g/mol. The van der Waals surface area contributed by atoms with Gasteiger partial charge >= 0.3 is 0 Å². The highest BCUT2D eigenvalue weighted by Gasteiger charge is 2.23. The Morgan fingerprint density at radius 2 is 2.20 bits per heavy atom. The third-order valence-corrected chi connectivity index (χ3v) is 3.06. The Kier molecular flexibility index (Phi) is 1.91. The van der Waals surface area contributed by atoms with Crippen molar-refractivity contribution in [2.45, 2.75) is 19.3 Å². The van der Waals surface area contributed by atoms with E-state index in [0.29, 0.717) is 6.42 Å². The van der Waals surface area contributed by atoms with Crippen LogP contribution < -0.4 is 10.1 Å². The Balaban J connectivity index is 2.17. The molecule has 0 saturated carbocycles. The molecule has 1 aromatic carbocycles. The summed E-state index contributed by atoms with van der Waals surface area (Å²) in [6, 6.07) is 3.81. The number of nitrogens with one attached hydrogen (secondary N) is 1. The number of carbonyl (C=O) groups is 1. The normalized spacial score (nSPS) is 18.5. The zero-order valence-electron chi connectivity index (χ0n) is 8.51. The van der Waals surface area contributed by atoms with Gasteiger partial charge in [-0.25, -0.2) is 0 Å². The van der Waals surface area contributed by atoms with Crippen LogP contribution in [0.2, 0.25) is 0 Å². The van der Waals surface area contributed by atoms with Crippen molar-refractivity contribution in [2.24, 2.45) is 0 Å². The number of benzene rings is 1. The number of rotatable bonds is 0. The van der Waals surface area contributed by atoms with Crippen LogP contribution in [0.4, 0.5) is 5.69 Å². The van der Waals surface area contributed by atoms with Gasteiger partial charge in [0.1, 0.15) is 5.75 Å². The highest BCUT2D eigenvalue weighted by atomic mass is 16.5. The molecule has 15 heavy (non-hydrogen) atoms. The zero-order valence-corrected chi connectivity index (χ0v) is 8.51. The second kappa shape index (κ2) is 3.26. The van der Waals surface area contributed by atoms with E-state index in [1.165, 1.54) is 5.56 Å². The minimum atomic E-state index is 0.254. The van der Waals surface area contributed by atoms with Gasteiger partial charge in [0.25, 0.3) is 0 Å². The number of carbonyl (C=O) groups excluding carboxylic acids is 1. The first kappa shape index (κ1) is 8.77. The summed E-state index contributed by atoms with van der Waals surface area (Å²) in [6.45, 7) is 1.62. The predicted molar refractivity (Wildman–Crippen MR) is 57.7 cm³/mol. The van der Waals surface area contributed by atoms with Crippen molar-refractivity contribution in [3.63, 3.8) is 0 Å². The van der Waals surface area contributed by atoms with E-state index in [9.17, 15) is 4.79 Å². The number of hydrogen-bond acceptors (Lipinski definition) is 3. The minimum absolute atomic E-state index is 0.254. The van der Waals surface area contributed by atoms with Gasteiger partial charge < -0.3 is 10.1 Å². The third-order valence-electron chi connectivity index (χ3n) is 3.06. The lowest BCUT2D eigenvalue weighted by molar-refractivity contribution is 0.0984. The van der Waals surface area contributed by atoms with Crippen LogP contribution in [0.1, 0.15) is 28.8 Å². The van der Waals surface area contributed by atoms with E-state index in [2.05, 4.69) is 5.32 Å². The number of hydrogen-bond donors (Lipinski definition) is 1. The van der Waals surface area contributed by atoms with E-state index in [4.69, 9.17) is 4.74 Å². The molecule has 0 atom stereocenters. The topological polar surface area (TPSA) is 38.3 Å². The van der Waals surface area contributed by atoms with Crippen LogP contribution in [0, 0.1) is 0 Å². The maximum Gasteiger partial charge on any atom is 0.165 e. The van der Waals surface area contributed by atoms with Gasteiger partial charge in [0.15, 0.2) is 5.78 Å². The van der Waals surface area contributed by atoms with Gasteiger partial charge in [0.05, 0.1) is 12.3 Å². The number of ether oxygens (including phenoxy) is 1. The third kappa shape index (κ3) is 1.30. The van der Waals surface area contributed by atoms with Crippen molar-refractivity contribution in [1.82, 2.24) is 0 Å². The van der Waals surface area contributed by atoms with E-state index < -0.39 is 0 Å². The van der Waals surface area contributed by atoms with Gasteiger partial charge in [0, 0.05) is 30.5 Å². The van der Waals surface area contributed by atoms with Crippen molar-refractivity contribution < 1.29 is 9.53 Å². The van der Waals surface area contributed by atoms with Crippen LogP contribution in [0.5, 0.6) is 5.75 Å². The van der Waals surface area contributed by atoms with Crippen LogP contribution in [0.3, 0.4) is 0 Å². The van der Waals surface area contributed by atoms with Gasteiger partial charge in [-0.05, 0) is 18.6 Å². The largest absolute Gasteiger partial charge is 0.493 e. The molecule has 0 bridgehead atoms. The average Bonchev–Trinajstić information content (AvgIpc) is 2.64. The van der Waals surface area contributed by atoms with Crippen LogP contribution in [-0.2, 0) is 6.42 Å². The van der Waals surface area contributed by atoms with Gasteiger partial charge in [0.2, 0.25) is 0 Å². The highest BCUT2D eigenvalue weighted by molar-refractivity contribution is 6.02. The van der Waals surface area contributed by atoms with Gasteiger partial charge in [-0.15, -0.1) is 0 Å². The molecule has 3 rings (SSSR count). The van der Waals surface area contributed by atoms with Crippen molar-refractivity contribution in [1.29, 1.82) is 0 Å². The standard InChI is InChI=1S/C12H13NO2/c14-10-2-1-6-13-12-8(10)3-4-11-9(12)5-7-15-11/h3-4,13H,1-2,5-7H2. The second-order valence-electron chi connectivity index (χ2n) is 4.02. The van der Waals surface area contributed by atoms with Gasteiger partial charge in [-0.1, -0.05) is 0 Å². The molecule has 3 nitrogen and oxygen atoms in total. The summed E-state index contributed by atoms with van der Waals surface area (Å²) in [7, 11) is 0. The first-order chi connectivity index (χ1) is 7.36. The van der Waals surface area contributed by atoms with Crippen molar-refractivity contribution in [2.75, 3.05) is 18.5 Å². The molecule has 0 aliphatic carbocycles. The quantitative estimate of drug-likeness (QED) is 0.701. The van der Waals surface area contributed by atoms with E-state index in [0.717, 1.165) is 43.0 Å². The summed E-state index contributed by atoms with van der Waals surface area (Å²) in [6.07, 6.45) is 2.49. The summed E-state index contributed by atoms with van der Waals surface area (Å²) in [5.41, 5.74) is 3.05. The number of Topliss-reactive ketones (excluding diaryl/α,β-unsaturated/α-hetero) is 1. The van der Waals surface area contributed by atoms with E-state index >= 15 is 0 Å². The second-order valence-corrected chi connectivity index (χ2v) is 4.02. The lowest BCUT2D eigenvalue weighted by Gasteiger charge is -2.10. The Labute approximate surface area is 88.4 Å². The number of ketones is 1. The van der Waals surface area contributed by atoms with Gasteiger partial charge in [-0.3, -0.25) is 4.79 Å². The first-order valence-electron chi connectivity index (χ1n) is 5.42. The smallest absolute Gasteiger partial charge is 0.165 e. The van der Waals surface area contributed by atoms with Crippen LogP contribution >= 0.6 is 0 Å². The fraction of sp³-hybridized carbons (Fsp3) is 0.417. The van der Waals surface area contributed by atoms with Crippen LogP contribution in [0.15, 0.2) is 12.1 Å². The molecule has 3 heteroatoms. The molecule has 2 aliphatic rings. The molecule has 1 N–H and O–H groups in total. The SMILES string of the molecule is O=C1CCCNc2c1ccc1c2CCO1. The summed E-state index contributed by atoms with van der Waals surface area (Å²) < 4.78 is 5.49. The van der Waals surface area contributed by atoms with Crippen molar-refractivity contribution >= 4 is 11.5 Å². The van der Waals surface area contributed by atoms with E-state index in [1.54, 1.807) is 0 Å². The summed E-state index contributed by atoms with van der Waals surface area (Å²) in [5, 5.41) is 3.36. The fourth-order valence-corrected chi connectivity index (χ4v) is 2.31. The van der Waals surface area contributed by atoms with Crippen LogP contribution in [-0.4, -0.2) is 18.9 Å². The number of anilines is 1. The molecule has 0 radical (unpaired) electrons. The lowest BCUT2D eigenvalue weighted by Crippen LogP contribution is -2.03. The molecular formula is C12H13NO2. The van der Waals surface area contributed by atoms with Crippen molar-refractivity contribution in [3.8, 4) is 5.75 Å². The van der Waals surface area contributed by atoms with E-state index in [-0.39, 0.29) is 5.78 Å². The molecule has 0 spiro atoms. The molecular weight excluding hydrogens is 190 g/mol. The molecule has 2 aliphatic heterocycles. The molecule has 0 fully saturated rings. The Bertz CT molecular complexity index is 426. The highest BCUT2D eigenvalue weighted by Crippen LogP contribution is 2.36. The summed E-state index contributed by atoms with van der Waals surface area (Å²) in [5.74, 6) is 1.20. The lowest BCUT2D eigenvalue weighted by atomic mass is 10.0. The number of fused-ring (bicyclic) bond motifs is 3. The van der Waals surface area contributed by atoms with Gasteiger partial charge in [-0.2, -0.15) is 0 Å². The van der Waals surface area contributed by atoms with E-state index in [1.807, 2.05) is 12.1 Å². The maximum absolute atomic E-state index is 11.8. The van der Waals surface area contributed by atoms with Crippen LogP contribution in [0.25, 0.3) is 0 Å². The minimum Gasteiger partial charge on any atom is -0.493 e.